The average Bonchev–Trinajstić information content (AvgIpc) is 2.94. The molecule has 1 saturated carbocycles. The van der Waals surface area contributed by atoms with Crippen molar-refractivity contribution in [1.82, 2.24) is 20.1 Å². The maximum atomic E-state index is 12.7. The van der Waals surface area contributed by atoms with Crippen LogP contribution in [-0.2, 0) is 11.3 Å². The van der Waals surface area contributed by atoms with Gasteiger partial charge in [0.2, 0.25) is 5.91 Å². The van der Waals surface area contributed by atoms with Gasteiger partial charge in [-0.3, -0.25) is 9.89 Å². The van der Waals surface area contributed by atoms with Crippen molar-refractivity contribution in [3.8, 4) is 0 Å². The highest BCUT2D eigenvalue weighted by Gasteiger charge is 2.24. The second-order valence-electron chi connectivity index (χ2n) is 7.35. The Kier molecular flexibility index (Phi) is 7.46. The highest BCUT2D eigenvalue weighted by atomic mass is 32.1. The summed E-state index contributed by atoms with van der Waals surface area (Å²) in [4.78, 5) is 12.7. The molecule has 6 heteroatoms. The van der Waals surface area contributed by atoms with E-state index in [1.807, 2.05) is 4.57 Å². The molecule has 0 aromatic carbocycles. The van der Waals surface area contributed by atoms with E-state index in [1.54, 1.807) is 0 Å². The Morgan fingerprint density at radius 3 is 2.71 bits per heavy atom. The van der Waals surface area contributed by atoms with Gasteiger partial charge in [0, 0.05) is 12.0 Å². The summed E-state index contributed by atoms with van der Waals surface area (Å²) in [5, 5.41) is 10.2. The van der Waals surface area contributed by atoms with Crippen molar-refractivity contribution < 1.29 is 4.79 Å². The molecule has 0 aliphatic heterocycles. The topological polar surface area (TPSA) is 62.7 Å². The third-order valence-electron chi connectivity index (χ3n) is 5.07. The maximum absolute atomic E-state index is 12.7. The fourth-order valence-electron chi connectivity index (χ4n) is 3.83. The fourth-order valence-corrected chi connectivity index (χ4v) is 4.20. The molecule has 1 fully saturated rings. The Hall–Kier alpha value is -1.17. The van der Waals surface area contributed by atoms with E-state index in [0.29, 0.717) is 11.3 Å². The molecular weight excluding hydrogens is 320 g/mol. The van der Waals surface area contributed by atoms with Gasteiger partial charge >= 0.3 is 0 Å². The van der Waals surface area contributed by atoms with Crippen molar-refractivity contribution in [3.05, 3.63) is 10.6 Å². The molecule has 24 heavy (non-hydrogen) atoms. The van der Waals surface area contributed by atoms with Crippen LogP contribution in [0.15, 0.2) is 0 Å². The molecule has 0 radical (unpaired) electrons. The predicted octanol–water partition coefficient (Wildman–Crippen LogP) is 4.52. The van der Waals surface area contributed by atoms with Crippen LogP contribution in [0, 0.1) is 16.6 Å². The summed E-state index contributed by atoms with van der Waals surface area (Å²) < 4.78 is 2.58. The lowest BCUT2D eigenvalue weighted by Gasteiger charge is -2.26. The number of aromatic nitrogens is 3. The lowest BCUT2D eigenvalue weighted by atomic mass is 9.81. The molecule has 0 bridgehead atoms. The number of H-pyrrole nitrogens is 1. The van der Waals surface area contributed by atoms with Gasteiger partial charge in [0.15, 0.2) is 10.6 Å². The van der Waals surface area contributed by atoms with Crippen molar-refractivity contribution in [2.24, 2.45) is 11.8 Å². The minimum absolute atomic E-state index is 0.132. The summed E-state index contributed by atoms with van der Waals surface area (Å²) in [6.45, 7) is 6.74. The zero-order chi connectivity index (χ0) is 17.5. The van der Waals surface area contributed by atoms with E-state index >= 15 is 0 Å². The largest absolute Gasteiger partial charge is 0.349 e. The predicted molar refractivity (Wildman–Crippen MR) is 99.2 cm³/mol. The molecule has 136 valence electrons. The average molecular weight is 353 g/mol. The number of hydrogen-bond donors (Lipinski definition) is 2. The number of nitrogens with zero attached hydrogens (tertiary/aromatic N) is 2. The van der Waals surface area contributed by atoms with Crippen LogP contribution >= 0.6 is 12.2 Å². The van der Waals surface area contributed by atoms with Crippen molar-refractivity contribution in [2.45, 2.75) is 84.7 Å². The molecule has 1 atom stereocenters. The summed E-state index contributed by atoms with van der Waals surface area (Å²) in [6, 6.07) is 0.233. The number of carbonyl (C=O) groups is 1. The standard InChI is InChI=1S/C18H32N4OS/c1-4-8-15(11-14-9-6-5-7-10-14)17(23)19-12-16-20-21-18(24)22(16)13(2)3/h13-15H,4-12H2,1-3H3,(H,19,23)(H,21,24). The summed E-state index contributed by atoms with van der Waals surface area (Å²) in [5.74, 6) is 1.83. The molecule has 1 aliphatic carbocycles. The molecular formula is C18H32N4OS. The van der Waals surface area contributed by atoms with E-state index in [9.17, 15) is 4.79 Å². The molecule has 2 rings (SSSR count). The van der Waals surface area contributed by atoms with Crippen LogP contribution in [0.1, 0.15) is 84.0 Å². The fraction of sp³-hybridized carbons (Fsp3) is 0.833. The first kappa shape index (κ1) is 19.2. The Labute approximate surface area is 150 Å². The molecule has 0 saturated heterocycles. The van der Waals surface area contributed by atoms with E-state index in [0.717, 1.165) is 31.0 Å². The molecule has 5 nitrogen and oxygen atoms in total. The Morgan fingerprint density at radius 2 is 2.08 bits per heavy atom. The quantitative estimate of drug-likeness (QED) is 0.676. The molecule has 2 N–H and O–H groups in total. The summed E-state index contributed by atoms with van der Waals surface area (Å²) in [5.41, 5.74) is 0. The van der Waals surface area contributed by atoms with Gasteiger partial charge in [-0.1, -0.05) is 45.4 Å². The smallest absolute Gasteiger partial charge is 0.223 e. The number of aromatic amines is 1. The highest BCUT2D eigenvalue weighted by molar-refractivity contribution is 7.71. The molecule has 1 unspecified atom stereocenters. The molecule has 1 aliphatic rings. The zero-order valence-corrected chi connectivity index (χ0v) is 16.1. The number of rotatable bonds is 8. The number of amides is 1. The zero-order valence-electron chi connectivity index (χ0n) is 15.3. The molecule has 1 aromatic heterocycles. The first-order valence-electron chi connectivity index (χ1n) is 9.46. The van der Waals surface area contributed by atoms with E-state index in [-0.39, 0.29) is 17.9 Å². The van der Waals surface area contributed by atoms with Gasteiger partial charge < -0.3 is 9.88 Å². The number of nitrogens with one attached hydrogen (secondary N) is 2. The van der Waals surface area contributed by atoms with Crippen molar-refractivity contribution in [1.29, 1.82) is 0 Å². The minimum Gasteiger partial charge on any atom is -0.349 e. The van der Waals surface area contributed by atoms with Gasteiger partial charge in [0.05, 0.1) is 6.54 Å². The van der Waals surface area contributed by atoms with Crippen LogP contribution in [0.3, 0.4) is 0 Å². The summed E-state index contributed by atoms with van der Waals surface area (Å²) in [7, 11) is 0. The van der Waals surface area contributed by atoms with Crippen LogP contribution in [0.4, 0.5) is 0 Å². The van der Waals surface area contributed by atoms with E-state index < -0.39 is 0 Å². The van der Waals surface area contributed by atoms with Crippen LogP contribution in [0.5, 0.6) is 0 Å². The third-order valence-corrected chi connectivity index (χ3v) is 5.35. The third kappa shape index (κ3) is 5.16. The van der Waals surface area contributed by atoms with Gasteiger partial charge in [-0.05, 0) is 44.8 Å². The van der Waals surface area contributed by atoms with Gasteiger partial charge in [-0.2, -0.15) is 5.10 Å². The molecule has 1 amide bonds. The summed E-state index contributed by atoms with van der Waals surface area (Å²) in [6.07, 6.45) is 9.66. The van der Waals surface area contributed by atoms with Crippen LogP contribution in [0.2, 0.25) is 0 Å². The Bertz CT molecular complexity index is 572. The van der Waals surface area contributed by atoms with Gasteiger partial charge in [-0.25, -0.2) is 0 Å². The molecule has 0 spiro atoms. The SMILES string of the molecule is CCCC(CC1CCCCC1)C(=O)NCc1n[nH]c(=S)n1C(C)C. The van der Waals surface area contributed by atoms with Crippen molar-refractivity contribution in [3.63, 3.8) is 0 Å². The number of hydrogen-bond acceptors (Lipinski definition) is 3. The van der Waals surface area contributed by atoms with Gasteiger partial charge in [0.25, 0.3) is 0 Å². The van der Waals surface area contributed by atoms with Crippen LogP contribution < -0.4 is 5.32 Å². The lowest BCUT2D eigenvalue weighted by Crippen LogP contribution is -2.33. The summed E-state index contributed by atoms with van der Waals surface area (Å²) >= 11 is 5.26. The number of carbonyl (C=O) groups excluding carboxylic acids is 1. The Morgan fingerprint density at radius 1 is 1.38 bits per heavy atom. The monoisotopic (exact) mass is 352 g/mol. The lowest BCUT2D eigenvalue weighted by molar-refractivity contribution is -0.126. The minimum atomic E-state index is 0.132. The second kappa shape index (κ2) is 9.35. The molecule has 1 heterocycles. The highest BCUT2D eigenvalue weighted by Crippen LogP contribution is 2.30. The maximum Gasteiger partial charge on any atom is 0.223 e. The Balaban J connectivity index is 1.94. The van der Waals surface area contributed by atoms with Gasteiger partial charge in [0.1, 0.15) is 0 Å². The van der Waals surface area contributed by atoms with Crippen molar-refractivity contribution >= 4 is 18.1 Å². The van der Waals surface area contributed by atoms with E-state index in [4.69, 9.17) is 12.2 Å². The first-order valence-corrected chi connectivity index (χ1v) is 9.87. The van der Waals surface area contributed by atoms with E-state index in [2.05, 4.69) is 36.3 Å². The normalized spacial score (nSPS) is 17.2. The van der Waals surface area contributed by atoms with E-state index in [1.165, 1.54) is 32.1 Å². The molecule has 1 aromatic rings. The van der Waals surface area contributed by atoms with Crippen LogP contribution in [0.25, 0.3) is 0 Å². The van der Waals surface area contributed by atoms with Crippen molar-refractivity contribution in [2.75, 3.05) is 0 Å². The second-order valence-corrected chi connectivity index (χ2v) is 7.74. The first-order chi connectivity index (χ1) is 11.5. The van der Waals surface area contributed by atoms with Gasteiger partial charge in [-0.15, -0.1) is 0 Å². The van der Waals surface area contributed by atoms with Crippen LogP contribution in [-0.4, -0.2) is 20.7 Å².